The van der Waals surface area contributed by atoms with Crippen LogP contribution in [0.5, 0.6) is 0 Å². The largest absolute Gasteiger partial charge is 0.512 e. The van der Waals surface area contributed by atoms with Crippen LogP contribution in [-0.4, -0.2) is 30.4 Å². The molecule has 0 bridgehead atoms. The maximum atomic E-state index is 11.4. The predicted molar refractivity (Wildman–Crippen MR) is 58.1 cm³/mol. The highest BCUT2D eigenvalue weighted by molar-refractivity contribution is 6.20. The molecule has 0 spiro atoms. The first kappa shape index (κ1) is 11.8. The number of carbonyl (C=O) groups excluding carboxylic acids is 1. The van der Waals surface area contributed by atoms with Gasteiger partial charge in [-0.1, -0.05) is 6.42 Å². The minimum atomic E-state index is -0.504. The second-order valence-electron chi connectivity index (χ2n) is 3.59. The summed E-state index contributed by atoms with van der Waals surface area (Å²) in [5.74, 6) is -0.516. The fourth-order valence-electron chi connectivity index (χ4n) is 1.65. The lowest BCUT2D eigenvalue weighted by Gasteiger charge is -2.08. The molecule has 0 aromatic rings. The topological polar surface area (TPSA) is 58.9 Å². The van der Waals surface area contributed by atoms with E-state index in [9.17, 15) is 9.90 Å². The van der Waals surface area contributed by atoms with Crippen LogP contribution in [0.15, 0.2) is 16.3 Å². The van der Waals surface area contributed by atoms with E-state index < -0.39 is 5.97 Å². The van der Waals surface area contributed by atoms with Crippen LogP contribution >= 0.6 is 0 Å². The molecule has 84 valence electrons. The summed E-state index contributed by atoms with van der Waals surface area (Å²) >= 11 is 0. The molecule has 0 fully saturated rings. The van der Waals surface area contributed by atoms with Crippen molar-refractivity contribution in [3.63, 3.8) is 0 Å². The van der Waals surface area contributed by atoms with Gasteiger partial charge in [0.15, 0.2) is 0 Å². The first-order valence-corrected chi connectivity index (χ1v) is 5.18. The van der Waals surface area contributed by atoms with Crippen molar-refractivity contribution in [3.05, 3.63) is 11.3 Å². The normalized spacial score (nSPS) is 18.7. The minimum absolute atomic E-state index is 0.0116. The number of methoxy groups -OCH3 is 1. The fourth-order valence-corrected chi connectivity index (χ4v) is 1.65. The Morgan fingerprint density at radius 2 is 2.13 bits per heavy atom. The molecular formula is C11H17NO3. The molecule has 0 amide bonds. The van der Waals surface area contributed by atoms with Gasteiger partial charge in [-0.2, -0.15) is 0 Å². The molecule has 15 heavy (non-hydrogen) atoms. The lowest BCUT2D eigenvalue weighted by molar-refractivity contribution is -0.135. The van der Waals surface area contributed by atoms with Crippen LogP contribution in [0.3, 0.4) is 0 Å². The van der Waals surface area contributed by atoms with Gasteiger partial charge in [-0.15, -0.1) is 0 Å². The van der Waals surface area contributed by atoms with Gasteiger partial charge in [0.1, 0.15) is 11.3 Å². The Bertz CT molecular complexity index is 301. The molecule has 1 aliphatic heterocycles. The summed E-state index contributed by atoms with van der Waals surface area (Å²) in [7, 11) is 1.31. The number of esters is 1. The summed E-state index contributed by atoms with van der Waals surface area (Å²) in [6.45, 7) is 2.21. The summed E-state index contributed by atoms with van der Waals surface area (Å²) in [5, 5.41) is 9.46. The quantitative estimate of drug-likeness (QED) is 0.432. The van der Waals surface area contributed by atoms with Gasteiger partial charge in [0.2, 0.25) is 0 Å². The average molecular weight is 211 g/mol. The number of ether oxygens (including phenoxy) is 1. The second kappa shape index (κ2) is 5.53. The highest BCUT2D eigenvalue weighted by Gasteiger charge is 2.20. The van der Waals surface area contributed by atoms with Crippen molar-refractivity contribution in [3.8, 4) is 0 Å². The van der Waals surface area contributed by atoms with Crippen molar-refractivity contribution in [1.29, 1.82) is 0 Å². The lowest BCUT2D eigenvalue weighted by Crippen LogP contribution is -2.16. The molecule has 1 N–H and O–H groups in total. The van der Waals surface area contributed by atoms with Gasteiger partial charge in [0.05, 0.1) is 12.8 Å². The Morgan fingerprint density at radius 3 is 2.73 bits per heavy atom. The molecular weight excluding hydrogens is 194 g/mol. The minimum Gasteiger partial charge on any atom is -0.512 e. The smallest absolute Gasteiger partial charge is 0.343 e. The van der Waals surface area contributed by atoms with E-state index in [4.69, 9.17) is 0 Å². The third kappa shape index (κ3) is 3.08. The number of rotatable bonds is 2. The third-order valence-electron chi connectivity index (χ3n) is 2.41. The summed E-state index contributed by atoms with van der Waals surface area (Å²) < 4.78 is 4.63. The Labute approximate surface area is 89.7 Å². The SMILES string of the molecule is COC(=O)/C(C1=NCCCCC1)=C(\C)O. The van der Waals surface area contributed by atoms with E-state index in [2.05, 4.69) is 9.73 Å². The molecule has 4 heteroatoms. The second-order valence-corrected chi connectivity index (χ2v) is 3.59. The summed E-state index contributed by atoms with van der Waals surface area (Å²) in [6.07, 6.45) is 3.91. The van der Waals surface area contributed by atoms with Gasteiger partial charge < -0.3 is 9.84 Å². The van der Waals surface area contributed by atoms with Crippen LogP contribution in [-0.2, 0) is 9.53 Å². The molecule has 4 nitrogen and oxygen atoms in total. The predicted octanol–water partition coefficient (Wildman–Crippen LogP) is 2.01. The number of hydrogen-bond donors (Lipinski definition) is 1. The molecule has 0 unspecified atom stereocenters. The highest BCUT2D eigenvalue weighted by Crippen LogP contribution is 2.16. The number of nitrogens with zero attached hydrogens (tertiary/aromatic N) is 1. The zero-order chi connectivity index (χ0) is 11.3. The van der Waals surface area contributed by atoms with Crippen molar-refractivity contribution in [2.24, 2.45) is 4.99 Å². The van der Waals surface area contributed by atoms with Gasteiger partial charge in [-0.3, -0.25) is 4.99 Å². The van der Waals surface area contributed by atoms with E-state index in [1.807, 2.05) is 0 Å². The van der Waals surface area contributed by atoms with Crippen molar-refractivity contribution in [1.82, 2.24) is 0 Å². The number of allylic oxidation sites excluding steroid dienone is 1. The third-order valence-corrected chi connectivity index (χ3v) is 2.41. The zero-order valence-corrected chi connectivity index (χ0v) is 9.25. The van der Waals surface area contributed by atoms with Crippen LogP contribution < -0.4 is 0 Å². The Balaban J connectivity index is 2.94. The number of aliphatic imine (C=N–C) groups is 1. The average Bonchev–Trinajstić information content (AvgIpc) is 2.46. The molecule has 0 saturated heterocycles. The van der Waals surface area contributed by atoms with E-state index in [1.54, 1.807) is 0 Å². The number of hydrogen-bond acceptors (Lipinski definition) is 4. The maximum absolute atomic E-state index is 11.4. The van der Waals surface area contributed by atoms with Crippen LogP contribution in [0, 0.1) is 0 Å². The summed E-state index contributed by atoms with van der Waals surface area (Å²) in [5.41, 5.74) is 0.916. The Hall–Kier alpha value is -1.32. The summed E-state index contributed by atoms with van der Waals surface area (Å²) in [6, 6.07) is 0. The molecule has 0 saturated carbocycles. The molecule has 0 atom stereocenters. The van der Waals surface area contributed by atoms with E-state index in [0.29, 0.717) is 5.71 Å². The Kier molecular flexibility index (Phi) is 4.34. The standard InChI is InChI=1S/C11H17NO3/c1-8(13)10(11(14)15-2)9-6-4-3-5-7-12-9/h13H,3-7H2,1-2H3/b10-8+. The molecule has 0 aromatic carbocycles. The van der Waals surface area contributed by atoms with Gasteiger partial charge >= 0.3 is 5.97 Å². The number of aliphatic hydroxyl groups excluding tert-OH is 1. The van der Waals surface area contributed by atoms with Crippen molar-refractivity contribution in [2.75, 3.05) is 13.7 Å². The van der Waals surface area contributed by atoms with Crippen LogP contribution in [0.1, 0.15) is 32.6 Å². The molecule has 1 rings (SSSR count). The first-order chi connectivity index (χ1) is 7.16. The fraction of sp³-hybridized carbons (Fsp3) is 0.636. The van der Waals surface area contributed by atoms with Gasteiger partial charge in [0.25, 0.3) is 0 Å². The van der Waals surface area contributed by atoms with Crippen molar-refractivity contribution in [2.45, 2.75) is 32.6 Å². The van der Waals surface area contributed by atoms with Crippen LogP contribution in [0.2, 0.25) is 0 Å². The van der Waals surface area contributed by atoms with E-state index in [1.165, 1.54) is 14.0 Å². The number of carbonyl (C=O) groups is 1. The van der Waals surface area contributed by atoms with E-state index >= 15 is 0 Å². The van der Waals surface area contributed by atoms with Gasteiger partial charge in [0, 0.05) is 6.54 Å². The maximum Gasteiger partial charge on any atom is 0.343 e. The monoisotopic (exact) mass is 211 g/mol. The lowest BCUT2D eigenvalue weighted by atomic mass is 10.0. The molecule has 0 radical (unpaired) electrons. The van der Waals surface area contributed by atoms with Crippen LogP contribution in [0.4, 0.5) is 0 Å². The molecule has 0 aromatic heterocycles. The van der Waals surface area contributed by atoms with Crippen molar-refractivity contribution < 1.29 is 14.6 Å². The van der Waals surface area contributed by atoms with Crippen LogP contribution in [0.25, 0.3) is 0 Å². The van der Waals surface area contributed by atoms with Gasteiger partial charge in [-0.05, 0) is 26.2 Å². The van der Waals surface area contributed by atoms with E-state index in [0.717, 1.165) is 32.2 Å². The zero-order valence-electron chi connectivity index (χ0n) is 9.25. The number of aliphatic hydroxyl groups is 1. The molecule has 1 aliphatic rings. The summed E-state index contributed by atoms with van der Waals surface area (Å²) in [4.78, 5) is 15.8. The molecule has 0 aliphatic carbocycles. The molecule has 1 heterocycles. The van der Waals surface area contributed by atoms with Gasteiger partial charge in [-0.25, -0.2) is 4.79 Å². The Morgan fingerprint density at radius 1 is 1.40 bits per heavy atom. The van der Waals surface area contributed by atoms with E-state index in [-0.39, 0.29) is 11.3 Å². The van der Waals surface area contributed by atoms with Crippen molar-refractivity contribution >= 4 is 11.7 Å². The first-order valence-electron chi connectivity index (χ1n) is 5.18. The highest BCUT2D eigenvalue weighted by atomic mass is 16.5.